The Kier molecular flexibility index (Phi) is 4.62. The molecule has 1 aliphatic heterocycles. The van der Waals surface area contributed by atoms with E-state index < -0.39 is 0 Å². The van der Waals surface area contributed by atoms with Crippen LogP contribution in [0.15, 0.2) is 42.6 Å². The van der Waals surface area contributed by atoms with Gasteiger partial charge in [-0.15, -0.1) is 0 Å². The molecule has 3 rings (SSSR count). The van der Waals surface area contributed by atoms with Crippen molar-refractivity contribution in [2.24, 2.45) is 0 Å². The zero-order chi connectivity index (χ0) is 16.2. The molecule has 122 valence electrons. The van der Waals surface area contributed by atoms with E-state index in [1.807, 2.05) is 49.0 Å². The molecule has 1 fully saturated rings. The summed E-state index contributed by atoms with van der Waals surface area (Å²) in [5.74, 6) is 0.567. The Bertz CT molecular complexity index is 646. The van der Waals surface area contributed by atoms with E-state index in [0.717, 1.165) is 0 Å². The summed E-state index contributed by atoms with van der Waals surface area (Å²) in [6, 6.07) is 11.8. The minimum atomic E-state index is -0.128. The first-order valence-electron chi connectivity index (χ1n) is 7.89. The summed E-state index contributed by atoms with van der Waals surface area (Å²) >= 11 is 0. The largest absolute Gasteiger partial charge is 0.372 e. The maximum Gasteiger partial charge on any atom is 0.323 e. The summed E-state index contributed by atoms with van der Waals surface area (Å²) in [6.45, 7) is 5.83. The molecule has 2 aromatic rings. The molecular weight excluding hydrogens is 292 g/mol. The number of morpholine rings is 1. The smallest absolute Gasteiger partial charge is 0.323 e. The summed E-state index contributed by atoms with van der Waals surface area (Å²) < 4.78 is 7.46. The molecule has 0 spiro atoms. The van der Waals surface area contributed by atoms with Gasteiger partial charge in [0.1, 0.15) is 0 Å². The number of ether oxygens (including phenoxy) is 1. The van der Waals surface area contributed by atoms with Crippen molar-refractivity contribution in [3.63, 3.8) is 0 Å². The van der Waals surface area contributed by atoms with Gasteiger partial charge >= 0.3 is 6.03 Å². The van der Waals surface area contributed by atoms with Crippen molar-refractivity contribution in [3.8, 4) is 0 Å². The maximum atomic E-state index is 12.3. The number of amides is 2. The van der Waals surface area contributed by atoms with Gasteiger partial charge in [-0.05, 0) is 19.4 Å². The quantitative estimate of drug-likeness (QED) is 0.947. The lowest BCUT2D eigenvalue weighted by Crippen LogP contribution is -2.49. The molecule has 2 amide bonds. The number of carbonyl (C=O) groups excluding carboxylic acids is 1. The Labute approximate surface area is 136 Å². The van der Waals surface area contributed by atoms with Crippen LogP contribution in [0.2, 0.25) is 0 Å². The molecule has 23 heavy (non-hydrogen) atoms. The Balaban J connectivity index is 1.59. The monoisotopic (exact) mass is 314 g/mol. The zero-order valence-electron chi connectivity index (χ0n) is 13.5. The number of hydrogen-bond acceptors (Lipinski definition) is 3. The average molecular weight is 314 g/mol. The molecule has 6 heteroatoms. The normalized spacial score (nSPS) is 21.2. The van der Waals surface area contributed by atoms with Gasteiger partial charge in [0.15, 0.2) is 5.82 Å². The van der Waals surface area contributed by atoms with Gasteiger partial charge in [-0.2, -0.15) is 5.10 Å². The Morgan fingerprint density at radius 3 is 2.61 bits per heavy atom. The Morgan fingerprint density at radius 2 is 1.91 bits per heavy atom. The molecule has 2 heterocycles. The third kappa shape index (κ3) is 4.10. The molecule has 1 aromatic heterocycles. The van der Waals surface area contributed by atoms with Gasteiger partial charge in [0.25, 0.3) is 0 Å². The summed E-state index contributed by atoms with van der Waals surface area (Å²) in [5.41, 5.74) is 1.17. The number of carbonyl (C=O) groups is 1. The minimum absolute atomic E-state index is 0.0557. The number of nitrogens with zero attached hydrogens (tertiary/aromatic N) is 3. The summed E-state index contributed by atoms with van der Waals surface area (Å²) in [7, 11) is 0. The van der Waals surface area contributed by atoms with Gasteiger partial charge in [-0.1, -0.05) is 30.3 Å². The number of anilines is 1. The number of aromatic nitrogens is 2. The van der Waals surface area contributed by atoms with Crippen molar-refractivity contribution in [1.29, 1.82) is 0 Å². The van der Waals surface area contributed by atoms with Crippen LogP contribution in [-0.4, -0.2) is 46.0 Å². The summed E-state index contributed by atoms with van der Waals surface area (Å²) in [4.78, 5) is 14.1. The van der Waals surface area contributed by atoms with Crippen LogP contribution in [0.25, 0.3) is 0 Å². The first-order valence-corrected chi connectivity index (χ1v) is 7.89. The minimum Gasteiger partial charge on any atom is -0.372 e. The molecule has 1 aromatic carbocycles. The lowest BCUT2D eigenvalue weighted by molar-refractivity contribution is -0.0530. The summed E-state index contributed by atoms with van der Waals surface area (Å²) in [5, 5.41) is 7.26. The van der Waals surface area contributed by atoms with E-state index in [2.05, 4.69) is 22.5 Å². The van der Waals surface area contributed by atoms with Crippen molar-refractivity contribution in [2.45, 2.75) is 32.6 Å². The van der Waals surface area contributed by atoms with E-state index in [1.165, 1.54) is 5.56 Å². The lowest BCUT2D eigenvalue weighted by atomic mass is 10.2. The number of hydrogen-bond donors (Lipinski definition) is 1. The van der Waals surface area contributed by atoms with Gasteiger partial charge in [-0.25, -0.2) is 4.79 Å². The van der Waals surface area contributed by atoms with Crippen molar-refractivity contribution in [3.05, 3.63) is 48.2 Å². The second-order valence-electron chi connectivity index (χ2n) is 5.98. The first-order chi connectivity index (χ1) is 11.1. The fourth-order valence-corrected chi connectivity index (χ4v) is 2.82. The Morgan fingerprint density at radius 1 is 1.22 bits per heavy atom. The van der Waals surface area contributed by atoms with Crippen LogP contribution >= 0.6 is 0 Å². The van der Waals surface area contributed by atoms with E-state index >= 15 is 0 Å². The van der Waals surface area contributed by atoms with Crippen LogP contribution < -0.4 is 5.32 Å². The Hall–Kier alpha value is -2.34. The highest BCUT2D eigenvalue weighted by molar-refractivity contribution is 5.88. The number of urea groups is 1. The van der Waals surface area contributed by atoms with Crippen LogP contribution in [0.5, 0.6) is 0 Å². The second kappa shape index (κ2) is 6.83. The molecule has 0 saturated carbocycles. The topological polar surface area (TPSA) is 59.4 Å². The predicted octanol–water partition coefficient (Wildman–Crippen LogP) is 2.57. The van der Waals surface area contributed by atoms with Crippen molar-refractivity contribution >= 4 is 11.8 Å². The van der Waals surface area contributed by atoms with E-state index in [-0.39, 0.29) is 18.2 Å². The molecule has 0 radical (unpaired) electrons. The molecule has 1 aliphatic rings. The average Bonchev–Trinajstić information content (AvgIpc) is 2.94. The molecule has 0 bridgehead atoms. The summed E-state index contributed by atoms with van der Waals surface area (Å²) in [6.07, 6.45) is 1.98. The zero-order valence-corrected chi connectivity index (χ0v) is 13.5. The molecule has 2 atom stereocenters. The van der Waals surface area contributed by atoms with E-state index in [0.29, 0.717) is 25.5 Å². The fourth-order valence-electron chi connectivity index (χ4n) is 2.82. The van der Waals surface area contributed by atoms with Crippen molar-refractivity contribution in [1.82, 2.24) is 14.7 Å². The highest BCUT2D eigenvalue weighted by atomic mass is 16.5. The van der Waals surface area contributed by atoms with Crippen molar-refractivity contribution in [2.75, 3.05) is 18.4 Å². The SMILES string of the molecule is CC1CN(C(=O)Nc2ccn(Cc3ccccc3)n2)CC(C)O1. The van der Waals surface area contributed by atoms with Gasteiger partial charge in [0.05, 0.1) is 18.8 Å². The molecule has 2 unspecified atom stereocenters. The van der Waals surface area contributed by atoms with Crippen LogP contribution in [0.4, 0.5) is 10.6 Å². The van der Waals surface area contributed by atoms with Gasteiger partial charge in [0.2, 0.25) is 0 Å². The van der Waals surface area contributed by atoms with Crippen LogP contribution in [-0.2, 0) is 11.3 Å². The second-order valence-corrected chi connectivity index (χ2v) is 5.98. The van der Waals surface area contributed by atoms with Gasteiger partial charge in [0, 0.05) is 25.4 Å². The highest BCUT2D eigenvalue weighted by Crippen LogP contribution is 2.13. The van der Waals surface area contributed by atoms with Gasteiger partial charge < -0.3 is 9.64 Å². The number of rotatable bonds is 3. The van der Waals surface area contributed by atoms with Gasteiger partial charge in [-0.3, -0.25) is 10.00 Å². The maximum absolute atomic E-state index is 12.3. The highest BCUT2D eigenvalue weighted by Gasteiger charge is 2.26. The van der Waals surface area contributed by atoms with E-state index in [4.69, 9.17) is 4.74 Å². The van der Waals surface area contributed by atoms with Crippen LogP contribution in [0.3, 0.4) is 0 Å². The van der Waals surface area contributed by atoms with E-state index in [9.17, 15) is 4.79 Å². The van der Waals surface area contributed by atoms with Crippen molar-refractivity contribution < 1.29 is 9.53 Å². The standard InChI is InChI=1S/C17H22N4O2/c1-13-10-20(11-14(2)23-13)17(22)18-16-8-9-21(19-16)12-15-6-4-3-5-7-15/h3-9,13-14H,10-12H2,1-2H3,(H,18,19,22). The third-order valence-electron chi connectivity index (χ3n) is 3.77. The molecule has 0 aliphatic carbocycles. The van der Waals surface area contributed by atoms with Crippen LogP contribution in [0.1, 0.15) is 19.4 Å². The molecule has 6 nitrogen and oxygen atoms in total. The number of nitrogens with one attached hydrogen (secondary N) is 1. The molecular formula is C17H22N4O2. The molecule has 1 saturated heterocycles. The van der Waals surface area contributed by atoms with Crippen LogP contribution in [0, 0.1) is 0 Å². The number of benzene rings is 1. The third-order valence-corrected chi connectivity index (χ3v) is 3.77. The fraction of sp³-hybridized carbons (Fsp3) is 0.412. The molecule has 1 N–H and O–H groups in total. The predicted molar refractivity (Wildman–Crippen MR) is 88.4 cm³/mol. The van der Waals surface area contributed by atoms with E-state index in [1.54, 1.807) is 4.90 Å². The first kappa shape index (κ1) is 15.6. The lowest BCUT2D eigenvalue weighted by Gasteiger charge is -2.35.